The van der Waals surface area contributed by atoms with Crippen LogP contribution < -0.4 is 0 Å². The summed E-state index contributed by atoms with van der Waals surface area (Å²) in [7, 11) is -4.64. The summed E-state index contributed by atoms with van der Waals surface area (Å²) in [6.07, 6.45) is 0.291. The lowest BCUT2D eigenvalue weighted by atomic mass is 10.1. The molecule has 1 aromatic carbocycles. The molecular weight excluding hydrogens is 293 g/mol. The van der Waals surface area contributed by atoms with Crippen LogP contribution in [0.4, 0.5) is 3.89 Å². The fourth-order valence-corrected chi connectivity index (χ4v) is 3.01. The first-order chi connectivity index (χ1) is 8.86. The van der Waals surface area contributed by atoms with Crippen LogP contribution in [0.25, 0.3) is 0 Å². The van der Waals surface area contributed by atoms with Crippen molar-refractivity contribution in [2.75, 3.05) is 13.1 Å². The predicted octanol–water partition coefficient (Wildman–Crippen LogP) is 1.78. The standard InChI is InChI=1S/C12H13ClFNO3S/c13-10-3-1-2-9(6-10)4-5-15-8-11(7-12(15)16)19(14,17)18/h1-3,6,11H,4-5,7-8H2. The molecule has 0 radical (unpaired) electrons. The van der Waals surface area contributed by atoms with Crippen LogP contribution in [0.15, 0.2) is 24.3 Å². The zero-order valence-corrected chi connectivity index (χ0v) is 11.6. The highest BCUT2D eigenvalue weighted by molar-refractivity contribution is 7.87. The van der Waals surface area contributed by atoms with Gasteiger partial charge in [-0.25, -0.2) is 0 Å². The molecule has 0 N–H and O–H groups in total. The Labute approximate surface area is 116 Å². The van der Waals surface area contributed by atoms with E-state index < -0.39 is 15.5 Å². The van der Waals surface area contributed by atoms with Gasteiger partial charge in [0, 0.05) is 24.5 Å². The van der Waals surface area contributed by atoms with Crippen molar-refractivity contribution in [1.82, 2.24) is 4.90 Å². The molecule has 1 saturated heterocycles. The second-order valence-corrected chi connectivity index (χ2v) is 6.58. The van der Waals surface area contributed by atoms with Crippen molar-refractivity contribution in [3.05, 3.63) is 34.9 Å². The second kappa shape index (κ2) is 5.46. The van der Waals surface area contributed by atoms with Gasteiger partial charge in [0.25, 0.3) is 0 Å². The molecule has 1 aromatic rings. The molecule has 1 heterocycles. The van der Waals surface area contributed by atoms with Crippen LogP contribution in [-0.4, -0.2) is 37.6 Å². The van der Waals surface area contributed by atoms with Gasteiger partial charge in [0.05, 0.1) is 0 Å². The SMILES string of the molecule is O=C1CC(S(=O)(=O)F)CN1CCc1cccc(Cl)c1. The maximum Gasteiger partial charge on any atom is 0.307 e. The minimum absolute atomic E-state index is 0.0712. The van der Waals surface area contributed by atoms with E-state index in [1.165, 1.54) is 4.90 Å². The van der Waals surface area contributed by atoms with Crippen LogP contribution in [0.1, 0.15) is 12.0 Å². The lowest BCUT2D eigenvalue weighted by Crippen LogP contribution is -2.29. The summed E-state index contributed by atoms with van der Waals surface area (Å²) in [6.45, 7) is 0.295. The van der Waals surface area contributed by atoms with Crippen molar-refractivity contribution in [3.63, 3.8) is 0 Å². The first kappa shape index (κ1) is 14.3. The molecule has 0 aromatic heterocycles. The maximum absolute atomic E-state index is 12.8. The number of carbonyl (C=O) groups excluding carboxylic acids is 1. The molecule has 0 bridgehead atoms. The van der Waals surface area contributed by atoms with Gasteiger partial charge in [-0.2, -0.15) is 8.42 Å². The first-order valence-corrected chi connectivity index (χ1v) is 7.64. The van der Waals surface area contributed by atoms with Gasteiger partial charge < -0.3 is 4.90 Å². The van der Waals surface area contributed by atoms with E-state index in [0.29, 0.717) is 18.0 Å². The van der Waals surface area contributed by atoms with E-state index in [4.69, 9.17) is 11.6 Å². The highest BCUT2D eigenvalue weighted by atomic mass is 35.5. The molecule has 0 aliphatic carbocycles. The molecule has 104 valence electrons. The molecule has 2 rings (SSSR count). The topological polar surface area (TPSA) is 54.5 Å². The Morgan fingerprint density at radius 2 is 2.16 bits per heavy atom. The van der Waals surface area contributed by atoms with Crippen molar-refractivity contribution >= 4 is 27.7 Å². The van der Waals surface area contributed by atoms with Crippen LogP contribution in [0.5, 0.6) is 0 Å². The Hall–Kier alpha value is -1.14. The van der Waals surface area contributed by atoms with Crippen molar-refractivity contribution in [2.24, 2.45) is 0 Å². The zero-order chi connectivity index (χ0) is 14.0. The summed E-state index contributed by atoms with van der Waals surface area (Å²) in [5, 5.41) is -0.617. The van der Waals surface area contributed by atoms with E-state index in [1.54, 1.807) is 18.2 Å². The Morgan fingerprint density at radius 3 is 2.74 bits per heavy atom. The third-order valence-corrected chi connectivity index (χ3v) is 4.48. The van der Waals surface area contributed by atoms with E-state index in [-0.39, 0.29) is 18.9 Å². The van der Waals surface area contributed by atoms with Crippen LogP contribution in [0.2, 0.25) is 5.02 Å². The van der Waals surface area contributed by atoms with Gasteiger partial charge in [-0.05, 0) is 24.1 Å². The van der Waals surface area contributed by atoms with E-state index in [1.807, 2.05) is 6.07 Å². The fourth-order valence-electron chi connectivity index (χ4n) is 2.10. The minimum atomic E-state index is -4.64. The third kappa shape index (κ3) is 3.67. The number of amides is 1. The van der Waals surface area contributed by atoms with Crippen LogP contribution in [-0.2, 0) is 21.4 Å². The molecule has 4 nitrogen and oxygen atoms in total. The largest absolute Gasteiger partial charge is 0.341 e. The summed E-state index contributed by atoms with van der Waals surface area (Å²) >= 11 is 5.84. The summed E-state index contributed by atoms with van der Waals surface area (Å²) in [5.41, 5.74) is 0.951. The number of nitrogens with zero attached hydrogens (tertiary/aromatic N) is 1. The smallest absolute Gasteiger partial charge is 0.307 e. The van der Waals surface area contributed by atoms with Gasteiger partial charge in [-0.3, -0.25) is 4.79 Å². The highest BCUT2D eigenvalue weighted by Gasteiger charge is 2.37. The van der Waals surface area contributed by atoms with E-state index in [2.05, 4.69) is 0 Å². The number of carbonyl (C=O) groups is 1. The molecule has 7 heteroatoms. The van der Waals surface area contributed by atoms with Gasteiger partial charge >= 0.3 is 10.2 Å². The van der Waals surface area contributed by atoms with Crippen molar-refractivity contribution in [1.29, 1.82) is 0 Å². The van der Waals surface area contributed by atoms with Gasteiger partial charge in [0.15, 0.2) is 0 Å². The highest BCUT2D eigenvalue weighted by Crippen LogP contribution is 2.20. The summed E-state index contributed by atoms with van der Waals surface area (Å²) in [5.74, 6) is -0.326. The van der Waals surface area contributed by atoms with E-state index in [9.17, 15) is 17.1 Å². The minimum Gasteiger partial charge on any atom is -0.341 e. The Kier molecular flexibility index (Phi) is 4.10. The van der Waals surface area contributed by atoms with Gasteiger partial charge in [0.2, 0.25) is 5.91 Å². The molecular formula is C12H13ClFNO3S. The van der Waals surface area contributed by atoms with Gasteiger partial charge in [-0.15, -0.1) is 3.89 Å². The zero-order valence-electron chi connectivity index (χ0n) is 10.1. The van der Waals surface area contributed by atoms with Crippen LogP contribution in [0, 0.1) is 0 Å². The summed E-state index contributed by atoms with van der Waals surface area (Å²) < 4.78 is 34.4. The molecule has 1 fully saturated rings. The first-order valence-electron chi connectivity index (χ1n) is 5.82. The Bertz CT molecular complexity index is 590. The number of hydrogen-bond acceptors (Lipinski definition) is 3. The lowest BCUT2D eigenvalue weighted by Gasteiger charge is -2.15. The molecule has 0 spiro atoms. The average Bonchev–Trinajstić information content (AvgIpc) is 2.68. The van der Waals surface area contributed by atoms with Crippen LogP contribution in [0.3, 0.4) is 0 Å². The van der Waals surface area contributed by atoms with Crippen molar-refractivity contribution in [2.45, 2.75) is 18.1 Å². The quantitative estimate of drug-likeness (QED) is 0.797. The molecule has 1 aliphatic heterocycles. The molecule has 19 heavy (non-hydrogen) atoms. The van der Waals surface area contributed by atoms with Crippen LogP contribution >= 0.6 is 11.6 Å². The molecule has 1 atom stereocenters. The molecule has 1 aliphatic rings. The molecule has 0 saturated carbocycles. The number of likely N-dealkylation sites (tertiary alicyclic amines) is 1. The monoisotopic (exact) mass is 305 g/mol. The van der Waals surface area contributed by atoms with Crippen molar-refractivity contribution in [3.8, 4) is 0 Å². The maximum atomic E-state index is 12.8. The normalized spacial score (nSPS) is 20.0. The average molecular weight is 306 g/mol. The second-order valence-electron chi connectivity index (χ2n) is 4.52. The lowest BCUT2D eigenvalue weighted by molar-refractivity contribution is -0.127. The number of rotatable bonds is 4. The summed E-state index contributed by atoms with van der Waals surface area (Å²) in [6, 6.07) is 7.21. The van der Waals surface area contributed by atoms with E-state index in [0.717, 1.165) is 5.56 Å². The third-order valence-electron chi connectivity index (χ3n) is 3.14. The Balaban J connectivity index is 1.96. The molecule has 1 amide bonds. The van der Waals surface area contributed by atoms with Crippen molar-refractivity contribution < 1.29 is 17.1 Å². The number of benzene rings is 1. The fraction of sp³-hybridized carbons (Fsp3) is 0.417. The summed E-state index contributed by atoms with van der Waals surface area (Å²) in [4.78, 5) is 13.0. The number of halogens is 2. The number of hydrogen-bond donors (Lipinski definition) is 0. The predicted molar refractivity (Wildman–Crippen MR) is 70.2 cm³/mol. The van der Waals surface area contributed by atoms with Gasteiger partial charge in [-0.1, -0.05) is 23.7 Å². The Morgan fingerprint density at radius 1 is 1.42 bits per heavy atom. The van der Waals surface area contributed by atoms with E-state index >= 15 is 0 Å². The van der Waals surface area contributed by atoms with Gasteiger partial charge in [0.1, 0.15) is 5.25 Å². The molecule has 1 unspecified atom stereocenters.